The van der Waals surface area contributed by atoms with Crippen LogP contribution in [0.15, 0.2) is 30.3 Å². The van der Waals surface area contributed by atoms with Crippen LogP contribution < -0.4 is 5.32 Å². The lowest BCUT2D eigenvalue weighted by atomic mass is 9.79. The summed E-state index contributed by atoms with van der Waals surface area (Å²) in [5.41, 5.74) is 1.31. The van der Waals surface area contributed by atoms with Gasteiger partial charge in [-0.1, -0.05) is 44.2 Å². The second kappa shape index (κ2) is 7.14. The molecular weight excluding hydrogens is 276 g/mol. The Labute approximate surface area is 133 Å². The number of amides is 2. The average molecular weight is 304 g/mol. The first kappa shape index (κ1) is 16.8. The molecule has 4 heteroatoms. The van der Waals surface area contributed by atoms with Crippen LogP contribution >= 0.6 is 0 Å². The SMILES string of the molecule is CC(CC(C)(C)c1ccccc1)NC(=O)N1CCC(CO)C1. The van der Waals surface area contributed by atoms with E-state index in [1.165, 1.54) is 5.56 Å². The maximum Gasteiger partial charge on any atom is 0.317 e. The van der Waals surface area contributed by atoms with Crippen LogP contribution in [0.1, 0.15) is 39.2 Å². The smallest absolute Gasteiger partial charge is 0.317 e. The molecule has 2 unspecified atom stereocenters. The lowest BCUT2D eigenvalue weighted by Gasteiger charge is -2.30. The van der Waals surface area contributed by atoms with Crippen LogP contribution in [0.3, 0.4) is 0 Å². The minimum Gasteiger partial charge on any atom is -0.396 e. The quantitative estimate of drug-likeness (QED) is 0.879. The average Bonchev–Trinajstić information content (AvgIpc) is 2.96. The summed E-state index contributed by atoms with van der Waals surface area (Å²) in [6.07, 6.45) is 1.79. The lowest BCUT2D eigenvalue weighted by molar-refractivity contribution is 0.193. The number of hydrogen-bond donors (Lipinski definition) is 2. The minimum absolute atomic E-state index is 0.00712. The molecule has 1 aromatic rings. The molecule has 0 aromatic heterocycles. The van der Waals surface area contributed by atoms with E-state index in [0.29, 0.717) is 6.54 Å². The van der Waals surface area contributed by atoms with Crippen molar-refractivity contribution < 1.29 is 9.90 Å². The van der Waals surface area contributed by atoms with Gasteiger partial charge < -0.3 is 15.3 Å². The Hall–Kier alpha value is -1.55. The van der Waals surface area contributed by atoms with Crippen LogP contribution in [-0.2, 0) is 5.41 Å². The number of carbonyl (C=O) groups excluding carboxylic acids is 1. The molecule has 0 bridgehead atoms. The number of carbonyl (C=O) groups is 1. The summed E-state index contributed by atoms with van der Waals surface area (Å²) in [6, 6.07) is 10.5. The third-order valence-corrected chi connectivity index (χ3v) is 4.57. The molecule has 2 amide bonds. The van der Waals surface area contributed by atoms with Crippen molar-refractivity contribution in [3.8, 4) is 0 Å². The number of nitrogens with one attached hydrogen (secondary N) is 1. The van der Waals surface area contributed by atoms with E-state index in [-0.39, 0.29) is 30.0 Å². The molecule has 2 rings (SSSR count). The number of aliphatic hydroxyl groups is 1. The van der Waals surface area contributed by atoms with Gasteiger partial charge in [0.25, 0.3) is 0 Å². The van der Waals surface area contributed by atoms with Gasteiger partial charge in [-0.3, -0.25) is 0 Å². The first-order valence-electron chi connectivity index (χ1n) is 8.14. The molecule has 1 aliphatic rings. The molecule has 2 N–H and O–H groups in total. The molecule has 1 aromatic carbocycles. The van der Waals surface area contributed by atoms with E-state index in [2.05, 4.69) is 50.4 Å². The summed E-state index contributed by atoms with van der Waals surface area (Å²) in [4.78, 5) is 14.1. The number of urea groups is 1. The predicted molar refractivity (Wildman–Crippen MR) is 88.8 cm³/mol. The predicted octanol–water partition coefficient (Wildman–Crippen LogP) is 2.77. The molecule has 1 saturated heterocycles. The number of rotatable bonds is 5. The largest absolute Gasteiger partial charge is 0.396 e. The maximum absolute atomic E-state index is 12.3. The second-order valence-electron chi connectivity index (χ2n) is 7.09. The first-order chi connectivity index (χ1) is 10.4. The number of likely N-dealkylation sites (tertiary alicyclic amines) is 1. The van der Waals surface area contributed by atoms with Gasteiger partial charge in [-0.15, -0.1) is 0 Å². The zero-order valence-electron chi connectivity index (χ0n) is 13.9. The van der Waals surface area contributed by atoms with Gasteiger partial charge in [0.1, 0.15) is 0 Å². The number of benzene rings is 1. The van der Waals surface area contributed by atoms with Crippen molar-refractivity contribution >= 4 is 6.03 Å². The van der Waals surface area contributed by atoms with E-state index in [0.717, 1.165) is 19.4 Å². The topological polar surface area (TPSA) is 52.6 Å². The Balaban J connectivity index is 1.87. The molecule has 0 saturated carbocycles. The molecule has 1 fully saturated rings. The molecule has 0 radical (unpaired) electrons. The summed E-state index contributed by atoms with van der Waals surface area (Å²) < 4.78 is 0. The van der Waals surface area contributed by atoms with Gasteiger partial charge in [-0.25, -0.2) is 4.79 Å². The Morgan fingerprint density at radius 3 is 2.68 bits per heavy atom. The fourth-order valence-corrected chi connectivity index (χ4v) is 3.29. The van der Waals surface area contributed by atoms with Crippen LogP contribution in [0.4, 0.5) is 4.79 Å². The van der Waals surface area contributed by atoms with Gasteiger partial charge in [-0.2, -0.15) is 0 Å². The Morgan fingerprint density at radius 2 is 2.09 bits per heavy atom. The highest BCUT2D eigenvalue weighted by Crippen LogP contribution is 2.28. The normalized spacial score (nSPS) is 20.0. The van der Waals surface area contributed by atoms with Gasteiger partial charge in [0.05, 0.1) is 0 Å². The van der Waals surface area contributed by atoms with Gasteiger partial charge in [0.2, 0.25) is 0 Å². The van der Waals surface area contributed by atoms with Crippen LogP contribution in [0.2, 0.25) is 0 Å². The van der Waals surface area contributed by atoms with Crippen molar-refractivity contribution in [1.82, 2.24) is 10.2 Å². The van der Waals surface area contributed by atoms with E-state index in [4.69, 9.17) is 5.11 Å². The van der Waals surface area contributed by atoms with Gasteiger partial charge in [-0.05, 0) is 30.7 Å². The number of nitrogens with zero attached hydrogens (tertiary/aromatic N) is 1. The summed E-state index contributed by atoms with van der Waals surface area (Å²) in [5, 5.41) is 12.3. The molecule has 22 heavy (non-hydrogen) atoms. The molecule has 1 heterocycles. The van der Waals surface area contributed by atoms with Crippen molar-refractivity contribution in [1.29, 1.82) is 0 Å². The van der Waals surface area contributed by atoms with Crippen molar-refractivity contribution in [2.24, 2.45) is 5.92 Å². The Morgan fingerprint density at radius 1 is 1.41 bits per heavy atom. The summed E-state index contributed by atoms with van der Waals surface area (Å²) >= 11 is 0. The summed E-state index contributed by atoms with van der Waals surface area (Å²) in [5.74, 6) is 0.238. The summed E-state index contributed by atoms with van der Waals surface area (Å²) in [7, 11) is 0. The molecule has 2 atom stereocenters. The number of aliphatic hydroxyl groups excluding tert-OH is 1. The van der Waals surface area contributed by atoms with E-state index in [1.807, 2.05) is 11.0 Å². The van der Waals surface area contributed by atoms with E-state index in [1.54, 1.807) is 0 Å². The summed E-state index contributed by atoms with van der Waals surface area (Å²) in [6.45, 7) is 8.05. The highest BCUT2D eigenvalue weighted by molar-refractivity contribution is 5.74. The molecule has 0 aliphatic carbocycles. The minimum atomic E-state index is -0.00712. The van der Waals surface area contributed by atoms with Crippen molar-refractivity contribution in [2.75, 3.05) is 19.7 Å². The van der Waals surface area contributed by atoms with Crippen LogP contribution in [0.25, 0.3) is 0 Å². The van der Waals surface area contributed by atoms with Gasteiger partial charge in [0.15, 0.2) is 0 Å². The highest BCUT2D eigenvalue weighted by Gasteiger charge is 2.28. The van der Waals surface area contributed by atoms with E-state index < -0.39 is 0 Å². The monoisotopic (exact) mass is 304 g/mol. The van der Waals surface area contributed by atoms with Crippen LogP contribution in [0.5, 0.6) is 0 Å². The zero-order chi connectivity index (χ0) is 16.2. The molecule has 1 aliphatic heterocycles. The molecule has 4 nitrogen and oxygen atoms in total. The van der Waals surface area contributed by atoms with Gasteiger partial charge >= 0.3 is 6.03 Å². The maximum atomic E-state index is 12.3. The van der Waals surface area contributed by atoms with Gasteiger partial charge in [0, 0.05) is 31.7 Å². The Bertz CT molecular complexity index is 487. The standard InChI is InChI=1S/C18H28N2O2/c1-14(11-18(2,3)16-7-5-4-6-8-16)19-17(22)20-10-9-15(12-20)13-21/h4-8,14-15,21H,9-13H2,1-3H3,(H,19,22). The third kappa shape index (κ3) is 4.23. The molecule has 122 valence electrons. The first-order valence-corrected chi connectivity index (χ1v) is 8.14. The van der Waals surface area contributed by atoms with Crippen molar-refractivity contribution in [3.05, 3.63) is 35.9 Å². The van der Waals surface area contributed by atoms with Crippen LogP contribution in [-0.4, -0.2) is 41.8 Å². The third-order valence-electron chi connectivity index (χ3n) is 4.57. The fraction of sp³-hybridized carbons (Fsp3) is 0.611. The fourth-order valence-electron chi connectivity index (χ4n) is 3.29. The molecule has 0 spiro atoms. The van der Waals surface area contributed by atoms with Crippen molar-refractivity contribution in [2.45, 2.75) is 45.1 Å². The highest BCUT2D eigenvalue weighted by atomic mass is 16.3. The zero-order valence-corrected chi connectivity index (χ0v) is 13.9. The van der Waals surface area contributed by atoms with E-state index in [9.17, 15) is 4.79 Å². The van der Waals surface area contributed by atoms with E-state index >= 15 is 0 Å². The lowest BCUT2D eigenvalue weighted by Crippen LogP contribution is -2.44. The van der Waals surface area contributed by atoms with Crippen molar-refractivity contribution in [3.63, 3.8) is 0 Å². The Kier molecular flexibility index (Phi) is 5.46. The van der Waals surface area contributed by atoms with Crippen LogP contribution in [0, 0.1) is 5.92 Å². The molecular formula is C18H28N2O2. The second-order valence-corrected chi connectivity index (χ2v) is 7.09. The number of hydrogen-bond acceptors (Lipinski definition) is 2.